The van der Waals surface area contributed by atoms with E-state index in [-0.39, 0.29) is 23.7 Å². The van der Waals surface area contributed by atoms with Crippen molar-refractivity contribution in [3.8, 4) is 28.8 Å². The summed E-state index contributed by atoms with van der Waals surface area (Å²) in [4.78, 5) is 25.9. The minimum atomic E-state index is -1.04. The molecule has 2 aromatic carbocycles. The molecule has 0 bridgehead atoms. The number of ether oxygens (including phenoxy) is 4. The fourth-order valence-electron chi connectivity index (χ4n) is 4.08. The van der Waals surface area contributed by atoms with Gasteiger partial charge in [0.1, 0.15) is 5.75 Å². The second-order valence-electron chi connectivity index (χ2n) is 9.31. The summed E-state index contributed by atoms with van der Waals surface area (Å²) >= 11 is 1.44. The minimum Gasteiger partial charge on any atom is -0.491 e. The molecule has 1 saturated heterocycles. The number of nitrogens with one attached hydrogen (secondary N) is 2. The van der Waals surface area contributed by atoms with E-state index in [1.54, 1.807) is 31.6 Å². The number of hydrogen-bond donors (Lipinski definition) is 3. The molecule has 5 rings (SSSR count). The van der Waals surface area contributed by atoms with Gasteiger partial charge in [0, 0.05) is 29.5 Å². The molecular weight excluding hydrogens is 534 g/mol. The van der Waals surface area contributed by atoms with Crippen molar-refractivity contribution < 1.29 is 28.8 Å². The van der Waals surface area contributed by atoms with E-state index in [0.717, 1.165) is 21.5 Å². The van der Waals surface area contributed by atoms with Crippen molar-refractivity contribution >= 4 is 40.2 Å². The smallest absolute Gasteiger partial charge is 0.335 e. The van der Waals surface area contributed by atoms with E-state index in [0.29, 0.717) is 41.6 Å². The van der Waals surface area contributed by atoms with Crippen LogP contribution in [0.15, 0.2) is 53.7 Å². The molecule has 1 fully saturated rings. The maximum Gasteiger partial charge on any atom is 0.335 e. The summed E-state index contributed by atoms with van der Waals surface area (Å²) in [7, 11) is 3.04. The van der Waals surface area contributed by atoms with E-state index in [2.05, 4.69) is 20.0 Å². The lowest BCUT2D eigenvalue weighted by molar-refractivity contribution is 0.00600. The standard InChI is InChI=1S/C28H29N5O6S/c1-15(2)39-20-8-17(27(34)35)7-18(10-20)31-25-21-6-5-16(22-11-30-28(37-4)32-26(22)36-3)9-23(21)29-12-24(25)40-33-19-13-38-14-19/h5-12,15,19,33H,13-14H2,1-4H3,(H,29,31)(H,34,35). The van der Waals surface area contributed by atoms with Gasteiger partial charge in [-0.1, -0.05) is 12.1 Å². The van der Waals surface area contributed by atoms with Crippen LogP contribution in [0.1, 0.15) is 24.2 Å². The molecular formula is C28H29N5O6S. The summed E-state index contributed by atoms with van der Waals surface area (Å²) in [5, 5.41) is 14.0. The lowest BCUT2D eigenvalue weighted by Gasteiger charge is -2.26. The summed E-state index contributed by atoms with van der Waals surface area (Å²) in [6, 6.07) is 11.1. The molecule has 0 amide bonds. The Hall–Kier alpha value is -4.13. The van der Waals surface area contributed by atoms with E-state index >= 15 is 0 Å². The van der Waals surface area contributed by atoms with Crippen LogP contribution in [0.25, 0.3) is 22.0 Å². The number of pyridine rings is 1. The third-order valence-corrected chi connectivity index (χ3v) is 7.00. The number of benzene rings is 2. The van der Waals surface area contributed by atoms with Crippen LogP contribution in [0.4, 0.5) is 11.4 Å². The highest BCUT2D eigenvalue weighted by Crippen LogP contribution is 2.38. The van der Waals surface area contributed by atoms with Crippen molar-refractivity contribution in [1.29, 1.82) is 0 Å². The van der Waals surface area contributed by atoms with Crippen LogP contribution in [0.5, 0.6) is 17.6 Å². The number of hydrogen-bond acceptors (Lipinski definition) is 11. The molecule has 1 aliphatic heterocycles. The number of aromatic carboxylic acids is 1. The lowest BCUT2D eigenvalue weighted by Crippen LogP contribution is -2.42. The van der Waals surface area contributed by atoms with E-state index in [9.17, 15) is 9.90 Å². The zero-order chi connectivity index (χ0) is 28.2. The highest BCUT2D eigenvalue weighted by atomic mass is 32.2. The van der Waals surface area contributed by atoms with Crippen molar-refractivity contribution in [2.24, 2.45) is 0 Å². The van der Waals surface area contributed by atoms with Crippen molar-refractivity contribution in [3.63, 3.8) is 0 Å². The van der Waals surface area contributed by atoms with Gasteiger partial charge in [0.2, 0.25) is 5.88 Å². The molecule has 208 valence electrons. The van der Waals surface area contributed by atoms with Crippen molar-refractivity contribution in [3.05, 3.63) is 54.4 Å². The molecule has 0 aliphatic carbocycles. The van der Waals surface area contributed by atoms with Gasteiger partial charge in [-0.05, 0) is 49.6 Å². The lowest BCUT2D eigenvalue weighted by atomic mass is 10.0. The summed E-state index contributed by atoms with van der Waals surface area (Å²) in [5.74, 6) is -0.200. The normalized spacial score (nSPS) is 13.2. The third kappa shape index (κ3) is 6.03. The Bertz CT molecular complexity index is 1550. The van der Waals surface area contributed by atoms with Gasteiger partial charge in [0.05, 0.1) is 66.8 Å². The molecule has 4 aromatic rings. The number of methoxy groups -OCH3 is 2. The van der Waals surface area contributed by atoms with Gasteiger partial charge in [-0.3, -0.25) is 9.71 Å². The first-order valence-corrected chi connectivity index (χ1v) is 13.4. The number of rotatable bonds is 11. The summed E-state index contributed by atoms with van der Waals surface area (Å²) in [5.41, 5.74) is 3.68. The Morgan fingerprint density at radius 1 is 1.10 bits per heavy atom. The molecule has 2 aromatic heterocycles. The third-order valence-electron chi connectivity index (χ3n) is 6.02. The van der Waals surface area contributed by atoms with Gasteiger partial charge >= 0.3 is 12.0 Å². The highest BCUT2D eigenvalue weighted by Gasteiger charge is 2.20. The summed E-state index contributed by atoms with van der Waals surface area (Å²) in [6.07, 6.45) is 3.31. The maximum atomic E-state index is 11.9. The van der Waals surface area contributed by atoms with Crippen LogP contribution in [0.3, 0.4) is 0 Å². The summed E-state index contributed by atoms with van der Waals surface area (Å²) < 4.78 is 25.1. The molecule has 12 heteroatoms. The highest BCUT2D eigenvalue weighted by molar-refractivity contribution is 7.97. The molecule has 0 unspecified atom stereocenters. The van der Waals surface area contributed by atoms with Gasteiger partial charge in [-0.2, -0.15) is 4.98 Å². The van der Waals surface area contributed by atoms with Crippen LogP contribution in [0, 0.1) is 0 Å². The van der Waals surface area contributed by atoms with Crippen LogP contribution in [0.2, 0.25) is 0 Å². The Morgan fingerprint density at radius 2 is 1.93 bits per heavy atom. The van der Waals surface area contributed by atoms with Crippen molar-refractivity contribution in [1.82, 2.24) is 19.7 Å². The number of aromatic nitrogens is 3. The largest absolute Gasteiger partial charge is 0.491 e. The maximum absolute atomic E-state index is 11.9. The average molecular weight is 564 g/mol. The molecule has 0 spiro atoms. The number of nitrogens with zero attached hydrogens (tertiary/aromatic N) is 3. The Balaban J connectivity index is 1.58. The second-order valence-corrected chi connectivity index (χ2v) is 10.2. The van der Waals surface area contributed by atoms with E-state index in [1.165, 1.54) is 25.1 Å². The number of carboxylic acid groups (broad SMARTS) is 1. The predicted molar refractivity (Wildman–Crippen MR) is 152 cm³/mol. The number of anilines is 2. The second kappa shape index (κ2) is 11.9. The van der Waals surface area contributed by atoms with Gasteiger partial charge in [0.25, 0.3) is 0 Å². The Kier molecular flexibility index (Phi) is 8.19. The van der Waals surface area contributed by atoms with Crippen molar-refractivity contribution in [2.75, 3.05) is 32.8 Å². The fourth-order valence-corrected chi connectivity index (χ4v) is 4.88. The number of fused-ring (bicyclic) bond motifs is 1. The summed E-state index contributed by atoms with van der Waals surface area (Å²) in [6.45, 7) is 5.06. The average Bonchev–Trinajstić information content (AvgIpc) is 2.92. The van der Waals surface area contributed by atoms with E-state index < -0.39 is 5.97 Å². The monoisotopic (exact) mass is 563 g/mol. The van der Waals surface area contributed by atoms with E-state index in [1.807, 2.05) is 32.0 Å². The van der Waals surface area contributed by atoms with Gasteiger partial charge in [0.15, 0.2) is 0 Å². The van der Waals surface area contributed by atoms with Gasteiger partial charge < -0.3 is 29.4 Å². The molecule has 1 aliphatic rings. The number of carboxylic acids is 1. The first-order chi connectivity index (χ1) is 19.3. The first kappa shape index (κ1) is 27.4. The van der Waals surface area contributed by atoms with Gasteiger partial charge in [-0.25, -0.2) is 9.78 Å². The van der Waals surface area contributed by atoms with E-state index in [4.69, 9.17) is 23.9 Å². The molecule has 11 nitrogen and oxygen atoms in total. The molecule has 0 saturated carbocycles. The molecule has 0 atom stereocenters. The van der Waals surface area contributed by atoms with Crippen LogP contribution < -0.4 is 24.2 Å². The Morgan fingerprint density at radius 3 is 2.60 bits per heavy atom. The zero-order valence-corrected chi connectivity index (χ0v) is 23.2. The van der Waals surface area contributed by atoms with Crippen LogP contribution >= 0.6 is 11.9 Å². The zero-order valence-electron chi connectivity index (χ0n) is 22.4. The molecule has 3 heterocycles. The quantitative estimate of drug-likeness (QED) is 0.213. The molecule has 40 heavy (non-hydrogen) atoms. The molecule has 3 N–H and O–H groups in total. The Labute approximate surface area is 235 Å². The first-order valence-electron chi connectivity index (χ1n) is 12.5. The van der Waals surface area contributed by atoms with Gasteiger partial charge in [-0.15, -0.1) is 0 Å². The SMILES string of the molecule is COc1ncc(-c2ccc3c(Nc4cc(OC(C)C)cc(C(=O)O)c4)c(SNC4COC4)cnc3c2)c(OC)n1. The number of carbonyl (C=O) groups is 1. The predicted octanol–water partition coefficient (Wildman–Crippen LogP) is 4.93. The molecule has 0 radical (unpaired) electrons. The fraction of sp³-hybridized carbons (Fsp3) is 0.286. The van der Waals surface area contributed by atoms with Crippen molar-refractivity contribution in [2.45, 2.75) is 30.9 Å². The topological polar surface area (TPSA) is 137 Å². The minimum absolute atomic E-state index is 0.115. The van der Waals surface area contributed by atoms with Crippen LogP contribution in [-0.2, 0) is 4.74 Å². The van der Waals surface area contributed by atoms with Crippen LogP contribution in [-0.4, -0.2) is 65.6 Å².